The summed E-state index contributed by atoms with van der Waals surface area (Å²) in [5.41, 5.74) is 0. The van der Waals surface area contributed by atoms with Gasteiger partial charge >= 0.3 is 11.9 Å². The van der Waals surface area contributed by atoms with Gasteiger partial charge in [-0.25, -0.2) is 0 Å². The molecule has 4 nitrogen and oxygen atoms in total. The highest BCUT2D eigenvalue weighted by Crippen LogP contribution is 2.03. The minimum atomic E-state index is -0.817. The van der Waals surface area contributed by atoms with Crippen LogP contribution in [0.2, 0.25) is 0 Å². The summed E-state index contributed by atoms with van der Waals surface area (Å²) >= 11 is 0. The number of aliphatic carboxylic acids is 1. The number of esters is 1. The van der Waals surface area contributed by atoms with Crippen molar-refractivity contribution in [2.75, 3.05) is 6.61 Å². The lowest BCUT2D eigenvalue weighted by Crippen LogP contribution is -2.07. The fourth-order valence-corrected chi connectivity index (χ4v) is 1.03. The number of carbonyl (C=O) groups is 2. The molecule has 15 heavy (non-hydrogen) atoms. The molecule has 0 amide bonds. The van der Waals surface area contributed by atoms with E-state index in [-0.39, 0.29) is 12.4 Å². The highest BCUT2D eigenvalue weighted by molar-refractivity contribution is 5.69. The average molecular weight is 216 g/mol. The normalized spacial score (nSPS) is 10.3. The molecule has 0 aromatic rings. The molecular formula is C11H20O4. The maximum absolute atomic E-state index is 11.1. The molecule has 4 heteroatoms. The summed E-state index contributed by atoms with van der Waals surface area (Å²) < 4.78 is 4.97. The topological polar surface area (TPSA) is 63.6 Å². The summed E-state index contributed by atoms with van der Waals surface area (Å²) in [6.07, 6.45) is 2.45. The lowest BCUT2D eigenvalue weighted by Gasteiger charge is -2.06. The molecule has 0 aliphatic heterocycles. The lowest BCUT2D eigenvalue weighted by atomic mass is 10.1. The zero-order valence-corrected chi connectivity index (χ0v) is 9.49. The molecule has 0 saturated heterocycles. The van der Waals surface area contributed by atoms with E-state index < -0.39 is 5.97 Å². The molecule has 0 radical (unpaired) electrons. The first kappa shape index (κ1) is 13.9. The van der Waals surface area contributed by atoms with Gasteiger partial charge in [0.05, 0.1) is 6.61 Å². The highest BCUT2D eigenvalue weighted by Gasteiger charge is 2.04. The maximum atomic E-state index is 11.1. The van der Waals surface area contributed by atoms with Crippen LogP contribution in [0.1, 0.15) is 46.0 Å². The van der Waals surface area contributed by atoms with Crippen LogP contribution < -0.4 is 0 Å². The first-order valence-corrected chi connectivity index (χ1v) is 5.39. The minimum absolute atomic E-state index is 0.124. The summed E-state index contributed by atoms with van der Waals surface area (Å²) in [6, 6.07) is 0. The molecule has 0 aliphatic carbocycles. The monoisotopic (exact) mass is 216 g/mol. The minimum Gasteiger partial charge on any atom is -0.481 e. The Bertz CT molecular complexity index is 199. The second-order valence-corrected chi connectivity index (χ2v) is 4.00. The van der Waals surface area contributed by atoms with E-state index >= 15 is 0 Å². The van der Waals surface area contributed by atoms with Gasteiger partial charge in [0.2, 0.25) is 0 Å². The quantitative estimate of drug-likeness (QED) is 0.499. The molecule has 0 aromatic heterocycles. The van der Waals surface area contributed by atoms with Crippen molar-refractivity contribution in [2.24, 2.45) is 5.92 Å². The van der Waals surface area contributed by atoms with Crippen LogP contribution in [0, 0.1) is 5.92 Å². The van der Waals surface area contributed by atoms with Crippen LogP contribution in [0.3, 0.4) is 0 Å². The molecule has 0 atom stereocenters. The van der Waals surface area contributed by atoms with Crippen LogP contribution in [-0.2, 0) is 14.3 Å². The third-order valence-electron chi connectivity index (χ3n) is 1.98. The van der Waals surface area contributed by atoms with Crippen molar-refractivity contribution in [1.29, 1.82) is 0 Å². The van der Waals surface area contributed by atoms with Gasteiger partial charge < -0.3 is 9.84 Å². The largest absolute Gasteiger partial charge is 0.481 e. The van der Waals surface area contributed by atoms with E-state index in [4.69, 9.17) is 9.84 Å². The Morgan fingerprint density at radius 2 is 1.80 bits per heavy atom. The second kappa shape index (κ2) is 8.26. The Kier molecular flexibility index (Phi) is 7.68. The van der Waals surface area contributed by atoms with E-state index in [9.17, 15) is 9.59 Å². The number of carboxylic acid groups (broad SMARTS) is 1. The molecule has 88 valence electrons. The van der Waals surface area contributed by atoms with Gasteiger partial charge in [-0.3, -0.25) is 9.59 Å². The van der Waals surface area contributed by atoms with Crippen molar-refractivity contribution in [2.45, 2.75) is 46.0 Å². The van der Waals surface area contributed by atoms with E-state index in [1.165, 1.54) is 0 Å². The highest BCUT2D eigenvalue weighted by atomic mass is 16.5. The number of carbonyl (C=O) groups excluding carboxylic acids is 1. The molecule has 0 aromatic carbocycles. The van der Waals surface area contributed by atoms with Crippen molar-refractivity contribution in [3.8, 4) is 0 Å². The smallest absolute Gasteiger partial charge is 0.305 e. The third kappa shape index (κ3) is 10.9. The van der Waals surface area contributed by atoms with Crippen molar-refractivity contribution >= 4 is 11.9 Å². The number of unbranched alkanes of at least 4 members (excludes halogenated alkanes) is 1. The first-order chi connectivity index (χ1) is 7.02. The molecule has 0 fully saturated rings. The number of rotatable bonds is 8. The van der Waals surface area contributed by atoms with E-state index in [0.29, 0.717) is 31.8 Å². The number of hydrogen-bond acceptors (Lipinski definition) is 3. The fourth-order valence-electron chi connectivity index (χ4n) is 1.03. The Morgan fingerprint density at radius 1 is 1.20 bits per heavy atom. The summed E-state index contributed by atoms with van der Waals surface area (Å²) in [5.74, 6) is -0.506. The number of ether oxygens (including phenoxy) is 1. The molecule has 0 rings (SSSR count). The maximum Gasteiger partial charge on any atom is 0.305 e. The summed E-state index contributed by atoms with van der Waals surface area (Å²) in [5, 5.41) is 8.37. The van der Waals surface area contributed by atoms with Gasteiger partial charge in [-0.2, -0.15) is 0 Å². The zero-order valence-electron chi connectivity index (χ0n) is 9.49. The standard InChI is InChI=1S/C11H20O4/c1-9(2)7-8-15-11(14)6-4-3-5-10(12)13/h9H,3-8H2,1-2H3,(H,12,13). The summed E-state index contributed by atoms with van der Waals surface area (Å²) in [7, 11) is 0. The third-order valence-corrected chi connectivity index (χ3v) is 1.98. The fraction of sp³-hybridized carbons (Fsp3) is 0.818. The molecule has 0 unspecified atom stereocenters. The molecule has 0 heterocycles. The van der Waals surface area contributed by atoms with Crippen molar-refractivity contribution in [3.63, 3.8) is 0 Å². The number of carboxylic acids is 1. The Hall–Kier alpha value is -1.06. The van der Waals surface area contributed by atoms with E-state index in [1.807, 2.05) is 0 Å². The molecule has 0 saturated carbocycles. The van der Waals surface area contributed by atoms with Crippen LogP contribution in [0.15, 0.2) is 0 Å². The Labute approximate surface area is 90.6 Å². The van der Waals surface area contributed by atoms with Crippen molar-refractivity contribution in [3.05, 3.63) is 0 Å². The van der Waals surface area contributed by atoms with Crippen LogP contribution >= 0.6 is 0 Å². The SMILES string of the molecule is CC(C)CCOC(=O)CCCCC(=O)O. The average Bonchev–Trinajstić information content (AvgIpc) is 2.11. The van der Waals surface area contributed by atoms with Gasteiger partial charge in [0.15, 0.2) is 0 Å². The zero-order chi connectivity index (χ0) is 11.7. The number of hydrogen-bond donors (Lipinski definition) is 1. The van der Waals surface area contributed by atoms with E-state index in [0.717, 1.165) is 6.42 Å². The van der Waals surface area contributed by atoms with Gasteiger partial charge in [-0.1, -0.05) is 13.8 Å². The molecular weight excluding hydrogens is 196 g/mol. The summed E-state index contributed by atoms with van der Waals surface area (Å²) in [4.78, 5) is 21.3. The van der Waals surface area contributed by atoms with Crippen LogP contribution in [0.4, 0.5) is 0 Å². The first-order valence-electron chi connectivity index (χ1n) is 5.39. The predicted molar refractivity (Wildman–Crippen MR) is 56.5 cm³/mol. The van der Waals surface area contributed by atoms with Crippen molar-refractivity contribution in [1.82, 2.24) is 0 Å². The molecule has 0 aliphatic rings. The van der Waals surface area contributed by atoms with Gasteiger partial charge in [0.1, 0.15) is 0 Å². The van der Waals surface area contributed by atoms with Gasteiger partial charge in [0, 0.05) is 12.8 Å². The van der Waals surface area contributed by atoms with Crippen molar-refractivity contribution < 1.29 is 19.4 Å². The lowest BCUT2D eigenvalue weighted by molar-refractivity contribution is -0.144. The van der Waals surface area contributed by atoms with Crippen LogP contribution in [0.5, 0.6) is 0 Å². The second-order valence-electron chi connectivity index (χ2n) is 4.00. The van der Waals surface area contributed by atoms with Gasteiger partial charge in [0.25, 0.3) is 0 Å². The van der Waals surface area contributed by atoms with Crippen LogP contribution in [0.25, 0.3) is 0 Å². The van der Waals surface area contributed by atoms with Crippen LogP contribution in [-0.4, -0.2) is 23.7 Å². The predicted octanol–water partition coefficient (Wildman–Crippen LogP) is 2.22. The Balaban J connectivity index is 3.30. The molecule has 1 N–H and O–H groups in total. The molecule has 0 spiro atoms. The molecule has 0 bridgehead atoms. The van der Waals surface area contributed by atoms with E-state index in [2.05, 4.69) is 13.8 Å². The van der Waals surface area contributed by atoms with E-state index in [1.54, 1.807) is 0 Å². The van der Waals surface area contributed by atoms with Gasteiger partial charge in [-0.05, 0) is 25.2 Å². The van der Waals surface area contributed by atoms with Gasteiger partial charge in [-0.15, -0.1) is 0 Å². The Morgan fingerprint density at radius 3 is 2.33 bits per heavy atom. The summed E-state index contributed by atoms with van der Waals surface area (Å²) in [6.45, 7) is 4.61.